The molecule has 204 valence electrons. The van der Waals surface area contributed by atoms with Crippen LogP contribution in [0.15, 0.2) is 12.7 Å². The fourth-order valence-electron chi connectivity index (χ4n) is 1.44. The van der Waals surface area contributed by atoms with Crippen molar-refractivity contribution in [1.29, 1.82) is 0 Å². The number of nitrogens with zero attached hydrogens (tertiary/aromatic N) is 4. The van der Waals surface area contributed by atoms with E-state index in [-0.39, 0.29) is 75.9 Å². The van der Waals surface area contributed by atoms with Gasteiger partial charge in [-0.25, -0.2) is 4.79 Å². The second-order valence-electron chi connectivity index (χ2n) is 6.73. The number of carbonyl (C=O) groups is 2. The summed E-state index contributed by atoms with van der Waals surface area (Å²) in [7, 11) is 0. The van der Waals surface area contributed by atoms with Gasteiger partial charge in [0.1, 0.15) is 0 Å². The van der Waals surface area contributed by atoms with E-state index in [1.807, 2.05) is 13.8 Å². The predicted molar refractivity (Wildman–Crippen MR) is 119 cm³/mol. The first-order valence-electron chi connectivity index (χ1n) is 10.2. The van der Waals surface area contributed by atoms with Crippen LogP contribution < -0.4 is 51.4 Å². The molecule has 1 N–H and O–H groups in total. The molecular formula is C18H33KN4O13. The molecule has 0 aromatic rings. The minimum Gasteiger partial charge on any atom is -0.870 e. The first-order valence-corrected chi connectivity index (χ1v) is 10.2. The third-order valence-corrected chi connectivity index (χ3v) is 3.87. The molecule has 0 aliphatic rings. The van der Waals surface area contributed by atoms with Gasteiger partial charge in [0, 0.05) is 6.08 Å². The summed E-state index contributed by atoms with van der Waals surface area (Å²) in [5, 5.41) is 40.1. The summed E-state index contributed by atoms with van der Waals surface area (Å²) in [6.45, 7) is 9.78. The number of hydrogen-bond donors (Lipinski definition) is 0. The Morgan fingerprint density at radius 2 is 1.31 bits per heavy atom. The summed E-state index contributed by atoms with van der Waals surface area (Å²) in [6.07, 6.45) is 2.22. The molecule has 0 aromatic carbocycles. The SMILES string of the molecule is C=CC(=O)OCCCC.CC([N+](=O)[O-])[N+](=O)[O-].CCCCOC(=O)CCC(C)([N+](=O)[O-])[N+](=O)[O-].[K+].[OH-]. The van der Waals surface area contributed by atoms with Crippen LogP contribution in [0.5, 0.6) is 0 Å². The van der Waals surface area contributed by atoms with Crippen LogP contribution in [-0.4, -0.2) is 62.2 Å². The van der Waals surface area contributed by atoms with Crippen LogP contribution in [0.25, 0.3) is 0 Å². The summed E-state index contributed by atoms with van der Waals surface area (Å²) in [6, 6.07) is 0. The maximum Gasteiger partial charge on any atom is 1.00 e. The van der Waals surface area contributed by atoms with E-state index in [1.165, 1.54) is 6.08 Å². The van der Waals surface area contributed by atoms with Crippen molar-refractivity contribution < 1.29 is 95.6 Å². The third-order valence-electron chi connectivity index (χ3n) is 3.87. The van der Waals surface area contributed by atoms with Gasteiger partial charge in [-0.05, 0) is 12.8 Å². The number of nitro groups is 4. The zero-order valence-corrected chi connectivity index (χ0v) is 24.3. The molecular weight excluding hydrogens is 519 g/mol. The van der Waals surface area contributed by atoms with Gasteiger partial charge in [-0.1, -0.05) is 33.3 Å². The minimum absolute atomic E-state index is 0. The number of esters is 2. The third kappa shape index (κ3) is 23.6. The van der Waals surface area contributed by atoms with Gasteiger partial charge in [-0.2, -0.15) is 0 Å². The van der Waals surface area contributed by atoms with Gasteiger partial charge in [0.2, 0.25) is 0 Å². The molecule has 0 unspecified atom stereocenters. The molecule has 18 heteroatoms. The number of carbonyl (C=O) groups excluding carboxylic acids is 2. The van der Waals surface area contributed by atoms with Gasteiger partial charge in [0.05, 0.1) is 59.6 Å². The molecule has 0 atom stereocenters. The van der Waals surface area contributed by atoms with Crippen molar-refractivity contribution in [2.75, 3.05) is 13.2 Å². The summed E-state index contributed by atoms with van der Waals surface area (Å²) in [5.41, 5.74) is -2.33. The number of rotatable bonds is 14. The van der Waals surface area contributed by atoms with Gasteiger partial charge < -0.3 is 14.9 Å². The molecule has 0 aliphatic heterocycles. The van der Waals surface area contributed by atoms with E-state index in [0.717, 1.165) is 33.1 Å². The molecule has 0 rings (SSSR count). The van der Waals surface area contributed by atoms with Gasteiger partial charge in [-0.15, -0.1) is 0 Å². The Morgan fingerprint density at radius 1 is 0.917 bits per heavy atom. The molecule has 36 heavy (non-hydrogen) atoms. The zero-order valence-electron chi connectivity index (χ0n) is 21.2. The molecule has 0 aromatic heterocycles. The monoisotopic (exact) mass is 552 g/mol. The van der Waals surface area contributed by atoms with Crippen LogP contribution in [0.4, 0.5) is 0 Å². The van der Waals surface area contributed by atoms with Crippen LogP contribution in [-0.2, 0) is 19.1 Å². The van der Waals surface area contributed by atoms with Crippen molar-refractivity contribution in [3.05, 3.63) is 53.1 Å². The molecule has 17 nitrogen and oxygen atoms in total. The Morgan fingerprint density at radius 3 is 1.58 bits per heavy atom. The smallest absolute Gasteiger partial charge is 0.870 e. The van der Waals surface area contributed by atoms with Crippen molar-refractivity contribution in [2.24, 2.45) is 0 Å². The van der Waals surface area contributed by atoms with Crippen LogP contribution in [0, 0.1) is 40.5 Å². The Kier molecular flexibility index (Phi) is 31.7. The Balaban J connectivity index is -0.000000143. The van der Waals surface area contributed by atoms with E-state index >= 15 is 0 Å². The van der Waals surface area contributed by atoms with Crippen molar-refractivity contribution in [2.45, 2.75) is 78.0 Å². The average molecular weight is 553 g/mol. The molecule has 0 radical (unpaired) electrons. The second-order valence-corrected chi connectivity index (χ2v) is 6.73. The Hall–Kier alpha value is -2.12. The number of ether oxygens (including phenoxy) is 2. The Labute approximate surface area is 250 Å². The molecule has 0 bridgehead atoms. The summed E-state index contributed by atoms with van der Waals surface area (Å²) < 4.78 is 9.43. The Bertz CT molecular complexity index is 678. The quantitative estimate of drug-likeness (QED) is 0.0506. The van der Waals surface area contributed by atoms with E-state index in [9.17, 15) is 50.0 Å². The standard InChI is InChI=1S/C9H16N2O6.C7H12O2.C2H4N2O4.K.H2O/c1-3-4-7-17-8(12)5-6-9(2,10(13)14)11(15)16;1-3-5-6-9-7(8)4-2;1-2(3(5)6)4(7)8;;/h3-7H2,1-2H3;4H,2-3,5-6H2,1H3;2H,1H3;;1H2/q;;;+1;/p-1. The molecule has 0 amide bonds. The van der Waals surface area contributed by atoms with Crippen LogP contribution >= 0.6 is 0 Å². The number of hydrogen-bond acceptors (Lipinski definition) is 13. The molecule has 0 fully saturated rings. The van der Waals surface area contributed by atoms with Crippen molar-refractivity contribution in [1.82, 2.24) is 0 Å². The first kappa shape index (κ1) is 43.9. The minimum atomic E-state index is -2.33. The summed E-state index contributed by atoms with van der Waals surface area (Å²) >= 11 is 0. The fourth-order valence-corrected chi connectivity index (χ4v) is 1.44. The largest absolute Gasteiger partial charge is 1.00 e. The molecule has 0 spiro atoms. The fraction of sp³-hybridized carbons (Fsp3) is 0.778. The van der Waals surface area contributed by atoms with Crippen LogP contribution in [0.1, 0.15) is 66.2 Å². The maximum absolute atomic E-state index is 11.1. The molecule has 0 saturated heterocycles. The average Bonchev–Trinajstić information content (AvgIpc) is 2.77. The van der Waals surface area contributed by atoms with Gasteiger partial charge >= 0.3 is 75.2 Å². The summed E-state index contributed by atoms with van der Waals surface area (Å²) in [4.78, 5) is 57.7. The van der Waals surface area contributed by atoms with Crippen molar-refractivity contribution >= 4 is 11.9 Å². The van der Waals surface area contributed by atoms with E-state index in [0.29, 0.717) is 13.0 Å². The summed E-state index contributed by atoms with van der Waals surface area (Å²) in [5.74, 6) is -0.975. The molecule has 0 heterocycles. The van der Waals surface area contributed by atoms with Crippen LogP contribution in [0.3, 0.4) is 0 Å². The van der Waals surface area contributed by atoms with Crippen molar-refractivity contribution in [3.8, 4) is 0 Å². The predicted octanol–water partition coefficient (Wildman–Crippen LogP) is -0.392. The topological polar surface area (TPSA) is 255 Å². The van der Waals surface area contributed by atoms with E-state index < -0.39 is 43.9 Å². The van der Waals surface area contributed by atoms with Gasteiger partial charge in [0.25, 0.3) is 0 Å². The normalized spacial score (nSPS) is 9.36. The molecule has 0 saturated carbocycles. The van der Waals surface area contributed by atoms with Gasteiger partial charge in [-0.3, -0.25) is 45.3 Å². The van der Waals surface area contributed by atoms with E-state index in [4.69, 9.17) is 4.74 Å². The van der Waals surface area contributed by atoms with Crippen molar-refractivity contribution in [3.63, 3.8) is 0 Å². The van der Waals surface area contributed by atoms with E-state index in [2.05, 4.69) is 11.3 Å². The second kappa shape index (κ2) is 26.0. The zero-order chi connectivity index (χ0) is 27.3. The van der Waals surface area contributed by atoms with Gasteiger partial charge in [0.15, 0.2) is 0 Å². The number of unbranched alkanes of at least 4 members (excludes halogenated alkanes) is 2. The first-order chi connectivity index (χ1) is 15.7. The van der Waals surface area contributed by atoms with E-state index in [1.54, 1.807) is 0 Å². The maximum atomic E-state index is 11.1. The van der Waals surface area contributed by atoms with Crippen LogP contribution in [0.2, 0.25) is 0 Å². The molecule has 0 aliphatic carbocycles.